The predicted molar refractivity (Wildman–Crippen MR) is 89.0 cm³/mol. The highest BCUT2D eigenvalue weighted by molar-refractivity contribution is 6.31. The summed E-state index contributed by atoms with van der Waals surface area (Å²) in [5.41, 5.74) is 0.382. The molecule has 0 bridgehead atoms. The molecular formula is C16H11ClFN3O4. The molecule has 0 aliphatic carbocycles. The van der Waals surface area contributed by atoms with Crippen molar-refractivity contribution in [2.24, 2.45) is 0 Å². The summed E-state index contributed by atoms with van der Waals surface area (Å²) in [6, 6.07) is 8.30. The Morgan fingerprint density at radius 1 is 1.24 bits per heavy atom. The first-order valence-corrected chi connectivity index (χ1v) is 7.57. The minimum absolute atomic E-state index is 0.128. The van der Waals surface area contributed by atoms with Gasteiger partial charge in [-0.05, 0) is 24.3 Å². The number of anilines is 2. The van der Waals surface area contributed by atoms with Crippen LogP contribution in [0.5, 0.6) is 0 Å². The Hall–Kier alpha value is -3.00. The molecule has 0 radical (unpaired) electrons. The minimum atomic E-state index is -0.877. The molecule has 1 atom stereocenters. The van der Waals surface area contributed by atoms with Gasteiger partial charge in [-0.3, -0.25) is 19.7 Å². The first-order valence-electron chi connectivity index (χ1n) is 7.19. The molecule has 2 aromatic rings. The molecule has 0 spiro atoms. The number of halogens is 2. The maximum Gasteiger partial charge on any atom is 0.271 e. The number of nitro benzene ring substituents is 1. The van der Waals surface area contributed by atoms with E-state index in [4.69, 9.17) is 11.6 Å². The highest BCUT2D eigenvalue weighted by Crippen LogP contribution is 2.29. The second-order valence-corrected chi connectivity index (χ2v) is 5.78. The average molecular weight is 364 g/mol. The van der Waals surface area contributed by atoms with Crippen molar-refractivity contribution < 1.29 is 18.9 Å². The largest absolute Gasteiger partial charge is 0.373 e. The molecule has 1 aliphatic heterocycles. The van der Waals surface area contributed by atoms with E-state index in [1.54, 1.807) is 6.07 Å². The van der Waals surface area contributed by atoms with Crippen molar-refractivity contribution in [1.82, 2.24) is 0 Å². The van der Waals surface area contributed by atoms with Crippen molar-refractivity contribution in [3.8, 4) is 0 Å². The number of hydrogen-bond donors (Lipinski definition) is 1. The zero-order valence-electron chi connectivity index (χ0n) is 12.6. The number of carbonyl (C=O) groups excluding carboxylic acids is 2. The molecule has 0 unspecified atom stereocenters. The summed E-state index contributed by atoms with van der Waals surface area (Å²) < 4.78 is 13.3. The number of carbonyl (C=O) groups is 2. The molecule has 1 fully saturated rings. The van der Waals surface area contributed by atoms with Crippen molar-refractivity contribution >= 4 is 40.5 Å². The number of imide groups is 1. The monoisotopic (exact) mass is 363 g/mol. The molecule has 1 aliphatic rings. The Morgan fingerprint density at radius 3 is 2.68 bits per heavy atom. The van der Waals surface area contributed by atoms with Gasteiger partial charge in [-0.2, -0.15) is 0 Å². The van der Waals surface area contributed by atoms with Crippen molar-refractivity contribution in [1.29, 1.82) is 0 Å². The highest BCUT2D eigenvalue weighted by atomic mass is 35.5. The van der Waals surface area contributed by atoms with Crippen molar-refractivity contribution in [2.45, 2.75) is 12.5 Å². The molecule has 9 heteroatoms. The Labute approximate surface area is 146 Å². The van der Waals surface area contributed by atoms with Crippen LogP contribution in [0.4, 0.5) is 21.5 Å². The third-order valence-corrected chi connectivity index (χ3v) is 4.00. The number of nitrogens with zero attached hydrogens (tertiary/aromatic N) is 2. The van der Waals surface area contributed by atoms with E-state index in [9.17, 15) is 24.1 Å². The number of hydrogen-bond acceptors (Lipinski definition) is 5. The van der Waals surface area contributed by atoms with E-state index in [1.165, 1.54) is 30.3 Å². The molecule has 7 nitrogen and oxygen atoms in total. The number of amides is 2. The lowest BCUT2D eigenvalue weighted by atomic mass is 10.2. The molecule has 1 heterocycles. The van der Waals surface area contributed by atoms with Gasteiger partial charge in [0.2, 0.25) is 5.91 Å². The summed E-state index contributed by atoms with van der Waals surface area (Å²) >= 11 is 5.70. The summed E-state index contributed by atoms with van der Waals surface area (Å²) in [6.07, 6.45) is -0.128. The van der Waals surface area contributed by atoms with Crippen LogP contribution in [-0.2, 0) is 9.59 Å². The van der Waals surface area contributed by atoms with Crippen LogP contribution >= 0.6 is 11.6 Å². The predicted octanol–water partition coefficient (Wildman–Crippen LogP) is 3.13. The van der Waals surface area contributed by atoms with E-state index < -0.39 is 28.6 Å². The molecule has 0 saturated carbocycles. The zero-order chi connectivity index (χ0) is 18.1. The van der Waals surface area contributed by atoms with Gasteiger partial charge in [0.15, 0.2) is 0 Å². The van der Waals surface area contributed by atoms with E-state index in [2.05, 4.69) is 5.32 Å². The molecule has 128 valence electrons. The second kappa shape index (κ2) is 6.48. The standard InChI is InChI=1S/C16H11ClFN3O4/c17-12-7-10(4-5-13(12)18)20-15(22)8-14(16(20)23)19-9-2-1-3-11(6-9)21(24)25/h1-7,14,19H,8H2/t14-/m0/s1. The lowest BCUT2D eigenvalue weighted by Gasteiger charge is -2.16. The average Bonchev–Trinajstić information content (AvgIpc) is 2.84. The number of nitrogens with one attached hydrogen (secondary N) is 1. The minimum Gasteiger partial charge on any atom is -0.373 e. The highest BCUT2D eigenvalue weighted by Gasteiger charge is 2.39. The summed E-state index contributed by atoms with van der Waals surface area (Å²) in [5.74, 6) is -1.68. The van der Waals surface area contributed by atoms with Crippen LogP contribution in [0.3, 0.4) is 0 Å². The fraction of sp³-hybridized carbons (Fsp3) is 0.125. The molecule has 0 aromatic heterocycles. The van der Waals surface area contributed by atoms with E-state index in [-0.39, 0.29) is 22.8 Å². The second-order valence-electron chi connectivity index (χ2n) is 5.37. The third-order valence-electron chi connectivity index (χ3n) is 3.71. The topological polar surface area (TPSA) is 92.5 Å². The van der Waals surface area contributed by atoms with E-state index in [0.29, 0.717) is 5.69 Å². The maximum atomic E-state index is 13.3. The normalized spacial score (nSPS) is 17.0. The Bertz CT molecular complexity index is 889. The van der Waals surface area contributed by atoms with E-state index in [0.717, 1.165) is 11.0 Å². The van der Waals surface area contributed by atoms with E-state index in [1.807, 2.05) is 0 Å². The van der Waals surface area contributed by atoms with Crippen LogP contribution in [0.25, 0.3) is 0 Å². The molecule has 25 heavy (non-hydrogen) atoms. The van der Waals surface area contributed by atoms with Gasteiger partial charge in [-0.15, -0.1) is 0 Å². The lowest BCUT2D eigenvalue weighted by molar-refractivity contribution is -0.384. The third kappa shape index (κ3) is 3.29. The number of rotatable bonds is 4. The Morgan fingerprint density at radius 2 is 2.00 bits per heavy atom. The van der Waals surface area contributed by atoms with Crippen molar-refractivity contribution in [3.63, 3.8) is 0 Å². The van der Waals surface area contributed by atoms with Crippen molar-refractivity contribution in [2.75, 3.05) is 10.2 Å². The summed E-state index contributed by atoms with van der Waals surface area (Å²) in [5, 5.41) is 13.4. The van der Waals surface area contributed by atoms with Gasteiger partial charge < -0.3 is 5.32 Å². The van der Waals surface area contributed by atoms with Gasteiger partial charge in [0.1, 0.15) is 11.9 Å². The van der Waals surface area contributed by atoms with Crippen LogP contribution in [0.15, 0.2) is 42.5 Å². The Balaban J connectivity index is 1.82. The fourth-order valence-electron chi connectivity index (χ4n) is 2.55. The summed E-state index contributed by atoms with van der Waals surface area (Å²) in [7, 11) is 0. The summed E-state index contributed by atoms with van der Waals surface area (Å²) in [4.78, 5) is 35.9. The zero-order valence-corrected chi connectivity index (χ0v) is 13.4. The van der Waals surface area contributed by atoms with Crippen LogP contribution in [0, 0.1) is 15.9 Å². The molecule has 3 rings (SSSR count). The van der Waals surface area contributed by atoms with Crippen LogP contribution < -0.4 is 10.2 Å². The number of benzene rings is 2. The maximum absolute atomic E-state index is 13.3. The first kappa shape index (κ1) is 16.8. The molecular weight excluding hydrogens is 353 g/mol. The quantitative estimate of drug-likeness (QED) is 0.512. The molecule has 1 saturated heterocycles. The van der Waals surface area contributed by atoms with Gasteiger partial charge >= 0.3 is 0 Å². The molecule has 2 aromatic carbocycles. The van der Waals surface area contributed by atoms with Crippen LogP contribution in [0.1, 0.15) is 6.42 Å². The van der Waals surface area contributed by atoms with Gasteiger partial charge in [-0.1, -0.05) is 17.7 Å². The SMILES string of the molecule is O=C1C[C@H](Nc2cccc([N+](=O)[O-])c2)C(=O)N1c1ccc(F)c(Cl)c1. The van der Waals surface area contributed by atoms with E-state index >= 15 is 0 Å². The summed E-state index contributed by atoms with van der Waals surface area (Å²) in [6.45, 7) is 0. The number of non-ortho nitro benzene ring substituents is 1. The van der Waals surface area contributed by atoms with Gasteiger partial charge in [0, 0.05) is 17.8 Å². The molecule has 1 N–H and O–H groups in total. The molecule has 2 amide bonds. The van der Waals surface area contributed by atoms with Gasteiger partial charge in [-0.25, -0.2) is 9.29 Å². The lowest BCUT2D eigenvalue weighted by Crippen LogP contribution is -2.34. The fourth-order valence-corrected chi connectivity index (χ4v) is 2.73. The first-order chi connectivity index (χ1) is 11.9. The van der Waals surface area contributed by atoms with Crippen molar-refractivity contribution in [3.05, 3.63) is 63.4 Å². The van der Waals surface area contributed by atoms with Crippen LogP contribution in [0.2, 0.25) is 5.02 Å². The number of nitro groups is 1. The van der Waals surface area contributed by atoms with Crippen LogP contribution in [-0.4, -0.2) is 22.8 Å². The van der Waals surface area contributed by atoms with Gasteiger partial charge in [0.05, 0.1) is 22.1 Å². The Kier molecular flexibility index (Phi) is 4.37. The smallest absolute Gasteiger partial charge is 0.271 e. The van der Waals surface area contributed by atoms with Gasteiger partial charge in [0.25, 0.3) is 11.6 Å².